The molecule has 0 aromatic rings. The van der Waals surface area contributed by atoms with Crippen molar-refractivity contribution in [3.63, 3.8) is 0 Å². The highest BCUT2D eigenvalue weighted by molar-refractivity contribution is 5.73. The van der Waals surface area contributed by atoms with Crippen LogP contribution < -0.4 is 5.32 Å². The summed E-state index contributed by atoms with van der Waals surface area (Å²) in [4.78, 5) is 24.1. The average molecular weight is 284 g/mol. The highest BCUT2D eigenvalue weighted by atomic mass is 16.4. The zero-order valence-electron chi connectivity index (χ0n) is 12.9. The molecule has 20 heavy (non-hydrogen) atoms. The van der Waals surface area contributed by atoms with E-state index in [1.165, 1.54) is 0 Å². The number of hydrogen-bond donors (Lipinski definition) is 2. The van der Waals surface area contributed by atoms with Crippen molar-refractivity contribution in [1.29, 1.82) is 0 Å². The second-order valence-corrected chi connectivity index (χ2v) is 6.29. The Kier molecular flexibility index (Phi) is 6.99. The third kappa shape index (κ3) is 6.37. The van der Waals surface area contributed by atoms with Gasteiger partial charge in [-0.15, -0.1) is 0 Å². The number of carboxylic acid groups (broad SMARTS) is 1. The summed E-state index contributed by atoms with van der Waals surface area (Å²) in [5, 5.41) is 12.3. The van der Waals surface area contributed by atoms with Crippen LogP contribution in [0, 0.1) is 11.8 Å². The van der Waals surface area contributed by atoms with E-state index in [1.54, 1.807) is 6.92 Å². The first kappa shape index (κ1) is 17.0. The minimum atomic E-state index is -0.755. The Morgan fingerprint density at radius 1 is 1.35 bits per heavy atom. The van der Waals surface area contributed by atoms with Crippen LogP contribution in [0.25, 0.3) is 0 Å². The van der Waals surface area contributed by atoms with E-state index in [1.807, 2.05) is 4.90 Å². The van der Waals surface area contributed by atoms with Gasteiger partial charge in [0.15, 0.2) is 0 Å². The van der Waals surface area contributed by atoms with E-state index in [0.29, 0.717) is 30.8 Å². The first-order chi connectivity index (χ1) is 9.38. The number of likely N-dealkylation sites (tertiary alicyclic amines) is 1. The van der Waals surface area contributed by atoms with Gasteiger partial charge in [0.1, 0.15) is 0 Å². The van der Waals surface area contributed by atoms with Gasteiger partial charge in [-0.25, -0.2) is 0 Å². The highest BCUT2D eigenvalue weighted by Gasteiger charge is 2.28. The number of nitrogens with one attached hydrogen (secondary N) is 1. The number of aliphatic carboxylic acids is 1. The maximum absolute atomic E-state index is 11.6. The average Bonchev–Trinajstić information content (AvgIpc) is 2.35. The van der Waals surface area contributed by atoms with E-state index in [-0.39, 0.29) is 12.3 Å². The Bertz CT molecular complexity index is 331. The molecule has 1 saturated heterocycles. The lowest BCUT2D eigenvalue weighted by molar-refractivity contribution is -0.137. The summed E-state index contributed by atoms with van der Waals surface area (Å²) in [6.07, 6.45) is 2.93. The van der Waals surface area contributed by atoms with Crippen LogP contribution in [0.4, 0.5) is 0 Å². The van der Waals surface area contributed by atoms with Gasteiger partial charge in [-0.3, -0.25) is 9.59 Å². The molecule has 1 fully saturated rings. The highest BCUT2D eigenvalue weighted by Crippen LogP contribution is 2.21. The molecule has 116 valence electrons. The zero-order chi connectivity index (χ0) is 15.1. The van der Waals surface area contributed by atoms with Crippen molar-refractivity contribution in [2.45, 2.75) is 52.5 Å². The summed E-state index contributed by atoms with van der Waals surface area (Å²) < 4.78 is 0. The van der Waals surface area contributed by atoms with Gasteiger partial charge in [0, 0.05) is 32.5 Å². The molecule has 0 bridgehead atoms. The van der Waals surface area contributed by atoms with Crippen LogP contribution in [0.5, 0.6) is 0 Å². The fourth-order valence-corrected chi connectivity index (χ4v) is 2.72. The van der Waals surface area contributed by atoms with Crippen molar-refractivity contribution < 1.29 is 14.7 Å². The van der Waals surface area contributed by atoms with Crippen LogP contribution in [-0.4, -0.2) is 47.6 Å². The van der Waals surface area contributed by atoms with E-state index >= 15 is 0 Å². The van der Waals surface area contributed by atoms with E-state index in [4.69, 9.17) is 5.11 Å². The minimum Gasteiger partial charge on any atom is -0.481 e. The van der Waals surface area contributed by atoms with Crippen molar-refractivity contribution in [2.24, 2.45) is 11.8 Å². The van der Waals surface area contributed by atoms with Gasteiger partial charge in [0.2, 0.25) is 5.91 Å². The summed E-state index contributed by atoms with van der Waals surface area (Å²) in [6, 6.07) is 0.296. The summed E-state index contributed by atoms with van der Waals surface area (Å²) in [5.74, 6) is 0.285. The fraction of sp³-hybridized carbons (Fsp3) is 0.867. The molecule has 0 spiro atoms. The number of amides is 1. The molecule has 0 radical (unpaired) electrons. The number of nitrogens with zero attached hydrogens (tertiary/aromatic N) is 1. The number of carbonyl (C=O) groups excluding carboxylic acids is 1. The predicted octanol–water partition coefficient (Wildman–Crippen LogP) is 1.72. The van der Waals surface area contributed by atoms with Gasteiger partial charge in [0.05, 0.1) is 0 Å². The van der Waals surface area contributed by atoms with E-state index in [0.717, 1.165) is 25.9 Å². The third-order valence-electron chi connectivity index (χ3n) is 3.90. The molecule has 2 unspecified atom stereocenters. The monoisotopic (exact) mass is 284 g/mol. The molecule has 1 heterocycles. The van der Waals surface area contributed by atoms with Gasteiger partial charge in [-0.2, -0.15) is 0 Å². The Labute approximate surface area is 121 Å². The Morgan fingerprint density at radius 3 is 2.60 bits per heavy atom. The quantitative estimate of drug-likeness (QED) is 0.747. The van der Waals surface area contributed by atoms with Crippen LogP contribution in [0.2, 0.25) is 0 Å². The Balaban J connectivity index is 2.47. The first-order valence-corrected chi connectivity index (χ1v) is 7.59. The molecule has 5 heteroatoms. The number of carboxylic acids is 1. The van der Waals surface area contributed by atoms with Crippen LogP contribution in [0.1, 0.15) is 46.5 Å². The molecular formula is C15H28N2O3. The predicted molar refractivity (Wildman–Crippen MR) is 78.5 cm³/mol. The molecule has 2 atom stereocenters. The summed E-state index contributed by atoms with van der Waals surface area (Å²) in [6.45, 7) is 8.38. The Morgan fingerprint density at radius 2 is 2.05 bits per heavy atom. The van der Waals surface area contributed by atoms with Crippen LogP contribution >= 0.6 is 0 Å². The summed E-state index contributed by atoms with van der Waals surface area (Å²) >= 11 is 0. The van der Waals surface area contributed by atoms with Crippen LogP contribution in [-0.2, 0) is 9.59 Å². The van der Waals surface area contributed by atoms with Crippen molar-refractivity contribution in [2.75, 3.05) is 19.6 Å². The molecule has 0 aromatic heterocycles. The minimum absolute atomic E-state index is 0.0840. The molecule has 1 aliphatic rings. The van der Waals surface area contributed by atoms with Crippen LogP contribution in [0.3, 0.4) is 0 Å². The normalized spacial score (nSPS) is 23.1. The number of carbonyl (C=O) groups is 2. The molecule has 1 aliphatic heterocycles. The summed E-state index contributed by atoms with van der Waals surface area (Å²) in [7, 11) is 0. The van der Waals surface area contributed by atoms with Crippen LogP contribution in [0.15, 0.2) is 0 Å². The van der Waals surface area contributed by atoms with Gasteiger partial charge < -0.3 is 15.3 Å². The smallest absolute Gasteiger partial charge is 0.303 e. The lowest BCUT2D eigenvalue weighted by Crippen LogP contribution is -2.51. The standard InChI is InChI=1S/C15H28N2O3/c1-11(2)6-7-16-14-8-13(4-5-15(19)20)9-17(10-14)12(3)18/h11,13-14,16H,4-10H2,1-3H3,(H,19,20). The number of piperidine rings is 1. The second-order valence-electron chi connectivity index (χ2n) is 6.29. The molecule has 0 aliphatic carbocycles. The SMILES string of the molecule is CC(=O)N1CC(CCC(=O)O)CC(NCCC(C)C)C1. The van der Waals surface area contributed by atoms with Crippen molar-refractivity contribution in [3.8, 4) is 0 Å². The van der Waals surface area contributed by atoms with Crippen molar-refractivity contribution in [3.05, 3.63) is 0 Å². The van der Waals surface area contributed by atoms with Gasteiger partial charge >= 0.3 is 5.97 Å². The largest absolute Gasteiger partial charge is 0.481 e. The number of rotatable bonds is 7. The molecule has 0 aromatic carbocycles. The molecule has 2 N–H and O–H groups in total. The topological polar surface area (TPSA) is 69.6 Å². The Hall–Kier alpha value is -1.10. The molecule has 1 rings (SSSR count). The van der Waals surface area contributed by atoms with E-state index in [9.17, 15) is 9.59 Å². The lowest BCUT2D eigenvalue weighted by atomic mass is 9.90. The summed E-state index contributed by atoms with van der Waals surface area (Å²) in [5.41, 5.74) is 0. The molecule has 1 amide bonds. The first-order valence-electron chi connectivity index (χ1n) is 7.59. The molecule has 5 nitrogen and oxygen atoms in total. The van der Waals surface area contributed by atoms with E-state index < -0.39 is 5.97 Å². The van der Waals surface area contributed by atoms with E-state index in [2.05, 4.69) is 19.2 Å². The number of hydrogen-bond acceptors (Lipinski definition) is 3. The van der Waals surface area contributed by atoms with Crippen molar-refractivity contribution >= 4 is 11.9 Å². The lowest BCUT2D eigenvalue weighted by Gasteiger charge is -2.38. The zero-order valence-corrected chi connectivity index (χ0v) is 12.9. The van der Waals surface area contributed by atoms with Gasteiger partial charge in [0.25, 0.3) is 0 Å². The second kappa shape index (κ2) is 8.25. The maximum atomic E-state index is 11.6. The van der Waals surface area contributed by atoms with Crippen molar-refractivity contribution in [1.82, 2.24) is 10.2 Å². The fourth-order valence-electron chi connectivity index (χ4n) is 2.72. The maximum Gasteiger partial charge on any atom is 0.303 e. The molecular weight excluding hydrogens is 256 g/mol. The molecule has 0 saturated carbocycles. The van der Waals surface area contributed by atoms with Gasteiger partial charge in [-0.1, -0.05) is 13.8 Å². The third-order valence-corrected chi connectivity index (χ3v) is 3.90. The van der Waals surface area contributed by atoms with Gasteiger partial charge in [-0.05, 0) is 37.6 Å².